The lowest BCUT2D eigenvalue weighted by atomic mass is 10.1. The number of nitrogens with one attached hydrogen (secondary N) is 2. The molecule has 0 aromatic heterocycles. The zero-order valence-electron chi connectivity index (χ0n) is 14.7. The van der Waals surface area contributed by atoms with Crippen LogP contribution in [0.2, 0.25) is 0 Å². The van der Waals surface area contributed by atoms with Crippen LogP contribution in [0, 0.1) is 17.3 Å². The molecule has 24 heavy (non-hydrogen) atoms. The molecular formula is C19H26N2O3. The van der Waals surface area contributed by atoms with Crippen LogP contribution in [0.4, 0.5) is 0 Å². The number of carbonyl (C=O) groups is 2. The summed E-state index contributed by atoms with van der Waals surface area (Å²) >= 11 is 0. The monoisotopic (exact) mass is 330 g/mol. The van der Waals surface area contributed by atoms with Crippen LogP contribution in [0.3, 0.4) is 0 Å². The first kappa shape index (κ1) is 18.0. The van der Waals surface area contributed by atoms with E-state index < -0.39 is 0 Å². The van der Waals surface area contributed by atoms with Crippen LogP contribution in [0.5, 0.6) is 5.75 Å². The van der Waals surface area contributed by atoms with Crippen LogP contribution in [-0.4, -0.2) is 30.0 Å². The Morgan fingerprint density at radius 3 is 2.42 bits per heavy atom. The van der Waals surface area contributed by atoms with E-state index in [-0.39, 0.29) is 40.4 Å². The second-order valence-corrected chi connectivity index (χ2v) is 7.13. The van der Waals surface area contributed by atoms with Gasteiger partial charge in [-0.05, 0) is 37.3 Å². The first-order valence-corrected chi connectivity index (χ1v) is 8.24. The van der Waals surface area contributed by atoms with Gasteiger partial charge in [-0.2, -0.15) is 0 Å². The summed E-state index contributed by atoms with van der Waals surface area (Å²) in [5.41, 5.74) is 1.44. The van der Waals surface area contributed by atoms with E-state index in [1.807, 2.05) is 13.8 Å². The minimum atomic E-state index is -0.350. The number of phenolic OH excluding ortho intramolecular Hbond substituents is 1. The molecule has 0 heterocycles. The third-order valence-electron chi connectivity index (χ3n) is 4.56. The van der Waals surface area contributed by atoms with E-state index in [0.717, 1.165) is 0 Å². The SMILES string of the molecule is CC(C)=CC1C(C(=O)NCCNC(=O)c2ccccc2O)C1(C)C. The highest BCUT2D eigenvalue weighted by Crippen LogP contribution is 2.59. The van der Waals surface area contributed by atoms with Gasteiger partial charge in [0.05, 0.1) is 11.5 Å². The zero-order chi connectivity index (χ0) is 17.9. The van der Waals surface area contributed by atoms with E-state index in [2.05, 4.69) is 30.6 Å². The van der Waals surface area contributed by atoms with Gasteiger partial charge in [0.1, 0.15) is 5.75 Å². The molecule has 1 saturated carbocycles. The van der Waals surface area contributed by atoms with E-state index in [4.69, 9.17) is 0 Å². The van der Waals surface area contributed by atoms with Crippen molar-refractivity contribution in [2.75, 3.05) is 13.1 Å². The summed E-state index contributed by atoms with van der Waals surface area (Å²) in [7, 11) is 0. The molecule has 1 aromatic rings. The average molecular weight is 330 g/mol. The molecular weight excluding hydrogens is 304 g/mol. The number of para-hydroxylation sites is 1. The predicted molar refractivity (Wildman–Crippen MR) is 93.6 cm³/mol. The Kier molecular flexibility index (Phi) is 5.32. The van der Waals surface area contributed by atoms with Crippen molar-refractivity contribution < 1.29 is 14.7 Å². The van der Waals surface area contributed by atoms with Crippen molar-refractivity contribution in [3.05, 3.63) is 41.5 Å². The van der Waals surface area contributed by atoms with Crippen molar-refractivity contribution >= 4 is 11.8 Å². The fourth-order valence-electron chi connectivity index (χ4n) is 3.08. The Hall–Kier alpha value is -2.30. The third-order valence-corrected chi connectivity index (χ3v) is 4.56. The lowest BCUT2D eigenvalue weighted by Crippen LogP contribution is -2.36. The second kappa shape index (κ2) is 7.07. The van der Waals surface area contributed by atoms with Gasteiger partial charge in [-0.25, -0.2) is 0 Å². The van der Waals surface area contributed by atoms with E-state index in [1.165, 1.54) is 11.6 Å². The maximum Gasteiger partial charge on any atom is 0.255 e. The van der Waals surface area contributed by atoms with Crippen molar-refractivity contribution in [3.63, 3.8) is 0 Å². The molecule has 5 nitrogen and oxygen atoms in total. The number of rotatable bonds is 6. The van der Waals surface area contributed by atoms with Crippen LogP contribution in [-0.2, 0) is 4.79 Å². The van der Waals surface area contributed by atoms with Crippen molar-refractivity contribution in [2.45, 2.75) is 27.7 Å². The Balaban J connectivity index is 1.77. The molecule has 2 atom stereocenters. The summed E-state index contributed by atoms with van der Waals surface area (Å²) in [5, 5.41) is 15.2. The largest absolute Gasteiger partial charge is 0.507 e. The number of amides is 2. The summed E-state index contributed by atoms with van der Waals surface area (Å²) in [6.45, 7) is 8.96. The Morgan fingerprint density at radius 2 is 1.79 bits per heavy atom. The first-order valence-electron chi connectivity index (χ1n) is 8.24. The number of aromatic hydroxyl groups is 1. The molecule has 1 aliphatic rings. The number of phenols is 1. The lowest BCUT2D eigenvalue weighted by Gasteiger charge is -2.08. The fraction of sp³-hybridized carbons (Fsp3) is 0.474. The number of allylic oxidation sites excluding steroid dienone is 2. The van der Waals surface area contributed by atoms with Gasteiger partial charge in [-0.1, -0.05) is 37.6 Å². The molecule has 130 valence electrons. The Morgan fingerprint density at radius 1 is 1.17 bits per heavy atom. The summed E-state index contributed by atoms with van der Waals surface area (Å²) < 4.78 is 0. The van der Waals surface area contributed by atoms with Gasteiger partial charge in [0.25, 0.3) is 5.91 Å². The molecule has 2 rings (SSSR count). The predicted octanol–water partition coefficient (Wildman–Crippen LogP) is 2.48. The molecule has 1 aromatic carbocycles. The van der Waals surface area contributed by atoms with Gasteiger partial charge in [0.15, 0.2) is 0 Å². The Bertz CT molecular complexity index is 660. The van der Waals surface area contributed by atoms with Crippen LogP contribution >= 0.6 is 0 Å². The standard InChI is InChI=1S/C19H26N2O3/c1-12(2)11-14-16(19(14,3)4)18(24)21-10-9-20-17(23)13-7-5-6-8-15(13)22/h5-8,11,14,16,22H,9-10H2,1-4H3,(H,20,23)(H,21,24). The van der Waals surface area contributed by atoms with Gasteiger partial charge in [-0.3, -0.25) is 9.59 Å². The van der Waals surface area contributed by atoms with E-state index >= 15 is 0 Å². The molecule has 1 fully saturated rings. The molecule has 2 unspecified atom stereocenters. The number of hydrogen-bond acceptors (Lipinski definition) is 3. The van der Waals surface area contributed by atoms with Crippen LogP contribution in [0.1, 0.15) is 38.1 Å². The molecule has 0 bridgehead atoms. The molecule has 2 amide bonds. The second-order valence-electron chi connectivity index (χ2n) is 7.13. The maximum atomic E-state index is 12.3. The summed E-state index contributed by atoms with van der Waals surface area (Å²) in [4.78, 5) is 24.2. The lowest BCUT2D eigenvalue weighted by molar-refractivity contribution is -0.123. The van der Waals surface area contributed by atoms with Crippen molar-refractivity contribution in [1.29, 1.82) is 0 Å². The molecule has 0 spiro atoms. The highest BCUT2D eigenvalue weighted by atomic mass is 16.3. The molecule has 3 N–H and O–H groups in total. The van der Waals surface area contributed by atoms with E-state index in [1.54, 1.807) is 18.2 Å². The quantitative estimate of drug-likeness (QED) is 0.554. The van der Waals surface area contributed by atoms with Gasteiger partial charge in [0, 0.05) is 13.1 Å². The van der Waals surface area contributed by atoms with Crippen molar-refractivity contribution in [3.8, 4) is 5.75 Å². The first-order chi connectivity index (χ1) is 11.2. The maximum absolute atomic E-state index is 12.3. The normalized spacial score (nSPS) is 20.8. The zero-order valence-corrected chi connectivity index (χ0v) is 14.7. The van der Waals surface area contributed by atoms with Gasteiger partial charge < -0.3 is 15.7 Å². The highest BCUT2D eigenvalue weighted by Gasteiger charge is 2.60. The summed E-state index contributed by atoms with van der Waals surface area (Å²) in [6.07, 6.45) is 2.16. The van der Waals surface area contributed by atoms with Crippen molar-refractivity contribution in [1.82, 2.24) is 10.6 Å². The van der Waals surface area contributed by atoms with Gasteiger partial charge in [-0.15, -0.1) is 0 Å². The van der Waals surface area contributed by atoms with E-state index in [0.29, 0.717) is 13.1 Å². The number of benzene rings is 1. The molecule has 0 saturated heterocycles. The van der Waals surface area contributed by atoms with E-state index in [9.17, 15) is 14.7 Å². The smallest absolute Gasteiger partial charge is 0.255 e. The fourth-order valence-corrected chi connectivity index (χ4v) is 3.08. The molecule has 0 aliphatic heterocycles. The summed E-state index contributed by atoms with van der Waals surface area (Å²) in [6, 6.07) is 6.37. The molecule has 1 aliphatic carbocycles. The van der Waals surface area contributed by atoms with Crippen LogP contribution in [0.15, 0.2) is 35.9 Å². The number of hydrogen-bond donors (Lipinski definition) is 3. The highest BCUT2D eigenvalue weighted by molar-refractivity contribution is 5.96. The summed E-state index contributed by atoms with van der Waals surface area (Å²) in [5.74, 6) is -0.112. The minimum absolute atomic E-state index is 0.0127. The van der Waals surface area contributed by atoms with Crippen molar-refractivity contribution in [2.24, 2.45) is 17.3 Å². The molecule has 0 radical (unpaired) electrons. The minimum Gasteiger partial charge on any atom is -0.507 e. The topological polar surface area (TPSA) is 78.4 Å². The number of carbonyl (C=O) groups excluding carboxylic acids is 2. The van der Waals surface area contributed by atoms with Gasteiger partial charge >= 0.3 is 0 Å². The van der Waals surface area contributed by atoms with Gasteiger partial charge in [0.2, 0.25) is 5.91 Å². The average Bonchev–Trinajstić information content (AvgIpc) is 3.03. The van der Waals surface area contributed by atoms with Crippen LogP contribution in [0.25, 0.3) is 0 Å². The molecule has 5 heteroatoms. The Labute approximate surface area is 143 Å². The van der Waals surface area contributed by atoms with Crippen LogP contribution < -0.4 is 10.6 Å². The third kappa shape index (κ3) is 3.96.